The highest BCUT2D eigenvalue weighted by Gasteiger charge is 2.25. The Hall–Kier alpha value is -0.570. The number of piperidine rings is 1. The molecule has 0 radical (unpaired) electrons. The molecule has 0 aromatic heterocycles. The van der Waals surface area contributed by atoms with Crippen LogP contribution < -0.4 is 0 Å². The molecule has 17 heavy (non-hydrogen) atoms. The molecule has 100 valence electrons. The first-order valence-corrected chi connectivity index (χ1v) is 6.75. The third-order valence-corrected chi connectivity index (χ3v) is 3.66. The lowest BCUT2D eigenvalue weighted by Crippen LogP contribution is -2.40. The molecule has 1 aliphatic rings. The number of rotatable bonds is 3. The van der Waals surface area contributed by atoms with Crippen LogP contribution in [0.2, 0.25) is 0 Å². The molecule has 1 saturated heterocycles. The number of likely N-dealkylation sites (tertiary alicyclic amines) is 1. The Morgan fingerprint density at radius 1 is 1.35 bits per heavy atom. The Labute approximate surface area is 105 Å². The Morgan fingerprint density at radius 3 is 2.29 bits per heavy atom. The first kappa shape index (κ1) is 14.5. The summed E-state index contributed by atoms with van der Waals surface area (Å²) in [5.41, 5.74) is 0.230. The van der Waals surface area contributed by atoms with E-state index in [1.807, 2.05) is 11.8 Å². The van der Waals surface area contributed by atoms with Crippen molar-refractivity contribution in [3.8, 4) is 0 Å². The monoisotopic (exact) mass is 241 g/mol. The van der Waals surface area contributed by atoms with E-state index in [9.17, 15) is 9.90 Å². The summed E-state index contributed by atoms with van der Waals surface area (Å²) in [6, 6.07) is 0. The van der Waals surface area contributed by atoms with Crippen LogP contribution in [0.4, 0.5) is 0 Å². The predicted octanol–water partition coefficient (Wildman–Crippen LogP) is 2.43. The van der Waals surface area contributed by atoms with Gasteiger partial charge in [-0.15, -0.1) is 0 Å². The minimum absolute atomic E-state index is 0.230. The van der Waals surface area contributed by atoms with Gasteiger partial charge in [-0.3, -0.25) is 4.79 Å². The van der Waals surface area contributed by atoms with Gasteiger partial charge < -0.3 is 10.0 Å². The van der Waals surface area contributed by atoms with Crippen molar-refractivity contribution in [2.75, 3.05) is 13.1 Å². The summed E-state index contributed by atoms with van der Waals surface area (Å²) in [5.74, 6) is 0.658. The first-order chi connectivity index (χ1) is 7.79. The third-order valence-electron chi connectivity index (χ3n) is 3.66. The number of amides is 1. The number of aliphatic hydroxyl groups is 1. The smallest absolute Gasteiger partial charge is 0.222 e. The average molecular weight is 241 g/mol. The van der Waals surface area contributed by atoms with Gasteiger partial charge in [0, 0.05) is 19.5 Å². The molecule has 1 heterocycles. The highest BCUT2D eigenvalue weighted by atomic mass is 16.3. The molecule has 1 rings (SSSR count). The van der Waals surface area contributed by atoms with Crippen molar-refractivity contribution in [2.45, 2.75) is 59.5 Å². The van der Waals surface area contributed by atoms with Crippen LogP contribution in [0.3, 0.4) is 0 Å². The molecule has 0 aromatic rings. The summed E-state index contributed by atoms with van der Waals surface area (Å²) < 4.78 is 0. The first-order valence-electron chi connectivity index (χ1n) is 6.75. The lowest BCUT2D eigenvalue weighted by Gasteiger charge is -2.33. The van der Waals surface area contributed by atoms with Gasteiger partial charge in [-0.05, 0) is 37.5 Å². The largest absolute Gasteiger partial charge is 0.393 e. The van der Waals surface area contributed by atoms with E-state index in [0.717, 1.165) is 32.4 Å². The number of carbonyl (C=O) groups excluding carboxylic acids is 1. The molecule has 0 bridgehead atoms. The van der Waals surface area contributed by atoms with E-state index >= 15 is 0 Å². The maximum atomic E-state index is 12.0. The van der Waals surface area contributed by atoms with Crippen LogP contribution in [0.15, 0.2) is 0 Å². The second kappa shape index (κ2) is 5.85. The van der Waals surface area contributed by atoms with Crippen molar-refractivity contribution >= 4 is 5.91 Å². The van der Waals surface area contributed by atoms with Gasteiger partial charge in [-0.25, -0.2) is 0 Å². The molecule has 0 spiro atoms. The summed E-state index contributed by atoms with van der Waals surface area (Å²) >= 11 is 0. The minimum atomic E-state index is -0.234. The van der Waals surface area contributed by atoms with Gasteiger partial charge in [0.1, 0.15) is 0 Å². The Balaban J connectivity index is 2.31. The third kappa shape index (κ3) is 5.07. The van der Waals surface area contributed by atoms with E-state index in [0.29, 0.717) is 12.3 Å². The molecule has 1 fully saturated rings. The molecule has 1 atom stereocenters. The number of hydrogen-bond acceptors (Lipinski definition) is 2. The molecule has 1 aliphatic heterocycles. The van der Waals surface area contributed by atoms with Crippen molar-refractivity contribution in [1.82, 2.24) is 4.90 Å². The van der Waals surface area contributed by atoms with E-state index in [1.54, 1.807) is 0 Å². The van der Waals surface area contributed by atoms with E-state index in [2.05, 4.69) is 20.8 Å². The zero-order valence-electron chi connectivity index (χ0n) is 11.7. The van der Waals surface area contributed by atoms with Crippen molar-refractivity contribution in [2.24, 2.45) is 11.3 Å². The molecule has 0 aliphatic carbocycles. The number of hydrogen-bond donors (Lipinski definition) is 1. The summed E-state index contributed by atoms with van der Waals surface area (Å²) in [6.07, 6.45) is 3.25. The summed E-state index contributed by atoms with van der Waals surface area (Å²) in [7, 11) is 0. The molecule has 0 saturated carbocycles. The SMILES string of the molecule is CC(O)C1CCN(C(=O)CCC(C)(C)C)CC1. The van der Waals surface area contributed by atoms with E-state index in [4.69, 9.17) is 0 Å². The number of nitrogens with zero attached hydrogens (tertiary/aromatic N) is 1. The van der Waals surface area contributed by atoms with E-state index in [1.165, 1.54) is 0 Å². The lowest BCUT2D eigenvalue weighted by molar-refractivity contribution is -0.133. The van der Waals surface area contributed by atoms with Crippen molar-refractivity contribution in [3.63, 3.8) is 0 Å². The second-order valence-corrected chi connectivity index (χ2v) is 6.52. The molecule has 1 amide bonds. The van der Waals surface area contributed by atoms with Crippen molar-refractivity contribution in [1.29, 1.82) is 0 Å². The second-order valence-electron chi connectivity index (χ2n) is 6.52. The maximum Gasteiger partial charge on any atom is 0.222 e. The molecular formula is C14H27NO2. The Bertz CT molecular complexity index is 247. The minimum Gasteiger partial charge on any atom is -0.393 e. The van der Waals surface area contributed by atoms with Crippen LogP contribution in [0.5, 0.6) is 0 Å². The standard InChI is InChI=1S/C14H27NO2/c1-11(16)12-6-9-15(10-7-12)13(17)5-8-14(2,3)4/h11-12,16H,5-10H2,1-4H3. The number of aliphatic hydroxyl groups excluding tert-OH is 1. The maximum absolute atomic E-state index is 12.0. The average Bonchev–Trinajstić information content (AvgIpc) is 2.25. The molecular weight excluding hydrogens is 214 g/mol. The van der Waals surface area contributed by atoms with Gasteiger partial charge in [0.15, 0.2) is 0 Å². The van der Waals surface area contributed by atoms with Crippen LogP contribution >= 0.6 is 0 Å². The predicted molar refractivity (Wildman–Crippen MR) is 69.7 cm³/mol. The van der Waals surface area contributed by atoms with Crippen molar-refractivity contribution < 1.29 is 9.90 Å². The zero-order chi connectivity index (χ0) is 13.1. The fourth-order valence-corrected chi connectivity index (χ4v) is 2.27. The van der Waals surface area contributed by atoms with Gasteiger partial charge in [0.25, 0.3) is 0 Å². The fraction of sp³-hybridized carbons (Fsp3) is 0.929. The molecule has 3 heteroatoms. The summed E-state index contributed by atoms with van der Waals surface area (Å²) in [6.45, 7) is 9.98. The van der Waals surface area contributed by atoms with Gasteiger partial charge in [0.05, 0.1) is 6.10 Å². The van der Waals surface area contributed by atoms with Gasteiger partial charge in [-0.2, -0.15) is 0 Å². The van der Waals surface area contributed by atoms with Crippen LogP contribution in [0, 0.1) is 11.3 Å². The van der Waals surface area contributed by atoms with Crippen LogP contribution in [0.25, 0.3) is 0 Å². The molecule has 3 nitrogen and oxygen atoms in total. The molecule has 0 aromatic carbocycles. The van der Waals surface area contributed by atoms with Crippen LogP contribution in [-0.2, 0) is 4.79 Å². The summed E-state index contributed by atoms with van der Waals surface area (Å²) in [4.78, 5) is 13.9. The van der Waals surface area contributed by atoms with Gasteiger partial charge >= 0.3 is 0 Å². The zero-order valence-corrected chi connectivity index (χ0v) is 11.7. The highest BCUT2D eigenvalue weighted by Crippen LogP contribution is 2.24. The molecule has 1 unspecified atom stereocenters. The fourth-order valence-electron chi connectivity index (χ4n) is 2.27. The quantitative estimate of drug-likeness (QED) is 0.824. The highest BCUT2D eigenvalue weighted by molar-refractivity contribution is 5.76. The van der Waals surface area contributed by atoms with Gasteiger partial charge in [0.2, 0.25) is 5.91 Å². The Kier molecular flexibility index (Phi) is 4.99. The summed E-state index contributed by atoms with van der Waals surface area (Å²) in [5, 5.41) is 9.51. The normalized spacial score (nSPS) is 20.4. The van der Waals surface area contributed by atoms with E-state index in [-0.39, 0.29) is 17.4 Å². The molecule has 1 N–H and O–H groups in total. The van der Waals surface area contributed by atoms with Crippen molar-refractivity contribution in [3.05, 3.63) is 0 Å². The topological polar surface area (TPSA) is 40.5 Å². The van der Waals surface area contributed by atoms with Gasteiger partial charge in [-0.1, -0.05) is 20.8 Å². The van der Waals surface area contributed by atoms with E-state index < -0.39 is 0 Å². The van der Waals surface area contributed by atoms with Crippen LogP contribution in [-0.4, -0.2) is 35.1 Å². The van der Waals surface area contributed by atoms with Crippen LogP contribution in [0.1, 0.15) is 53.4 Å². The Morgan fingerprint density at radius 2 is 1.88 bits per heavy atom. The number of carbonyl (C=O) groups is 1. The lowest BCUT2D eigenvalue weighted by atomic mass is 9.89.